The molecule has 0 N–H and O–H groups in total. The Morgan fingerprint density at radius 2 is 2.00 bits per heavy atom. The summed E-state index contributed by atoms with van der Waals surface area (Å²) in [7, 11) is 0. The first kappa shape index (κ1) is 9.89. The van der Waals surface area contributed by atoms with Crippen molar-refractivity contribution in [3.05, 3.63) is 0 Å². The molecule has 1 rings (SSSR count). The van der Waals surface area contributed by atoms with Gasteiger partial charge in [-0.1, -0.05) is 6.42 Å². The molecule has 1 unspecified atom stereocenters. The summed E-state index contributed by atoms with van der Waals surface area (Å²) >= 11 is -0.164. The molecule has 1 nitrogen and oxygen atoms in total. The van der Waals surface area contributed by atoms with Crippen LogP contribution in [0.4, 0.5) is 13.2 Å². The van der Waals surface area contributed by atoms with E-state index >= 15 is 0 Å². The second kappa shape index (κ2) is 3.68. The van der Waals surface area contributed by atoms with Crippen molar-refractivity contribution in [3.63, 3.8) is 0 Å². The highest BCUT2D eigenvalue weighted by molar-refractivity contribution is 8.01. The van der Waals surface area contributed by atoms with E-state index in [1.54, 1.807) is 0 Å². The van der Waals surface area contributed by atoms with Crippen molar-refractivity contribution in [3.8, 4) is 0 Å². The summed E-state index contributed by atoms with van der Waals surface area (Å²) in [5, 5.41) is -0.834. The number of carbonyl (C=O) groups excluding carboxylic acids is 1. The standard InChI is InChI=1S/C7H9F3OS/c8-7(9,10)12-6-4-2-1-3-5(6)11/h6H,1-4H2. The number of Topliss-reactive ketones (excluding diaryl/α,β-unsaturated/α-hetero) is 1. The summed E-state index contributed by atoms with van der Waals surface area (Å²) in [5.74, 6) is -0.247. The molecule has 1 atom stereocenters. The van der Waals surface area contributed by atoms with Crippen LogP contribution in [0.15, 0.2) is 0 Å². The molecule has 0 aromatic carbocycles. The van der Waals surface area contributed by atoms with E-state index in [0.717, 1.165) is 12.8 Å². The van der Waals surface area contributed by atoms with Gasteiger partial charge in [0.25, 0.3) is 0 Å². The molecule has 0 aliphatic heterocycles. The molecule has 1 fully saturated rings. The van der Waals surface area contributed by atoms with Crippen molar-refractivity contribution in [2.75, 3.05) is 0 Å². The fourth-order valence-electron chi connectivity index (χ4n) is 1.24. The normalized spacial score (nSPS) is 25.9. The van der Waals surface area contributed by atoms with Crippen LogP contribution in [-0.2, 0) is 4.79 Å². The minimum absolute atomic E-state index is 0.164. The van der Waals surface area contributed by atoms with Gasteiger partial charge in [-0.15, -0.1) is 0 Å². The lowest BCUT2D eigenvalue weighted by Gasteiger charge is -2.20. The van der Waals surface area contributed by atoms with E-state index in [1.807, 2.05) is 0 Å². The van der Waals surface area contributed by atoms with Crippen LogP contribution in [-0.4, -0.2) is 16.5 Å². The molecule has 12 heavy (non-hydrogen) atoms. The van der Waals surface area contributed by atoms with Crippen molar-refractivity contribution in [2.24, 2.45) is 0 Å². The van der Waals surface area contributed by atoms with Crippen LogP contribution in [0, 0.1) is 0 Å². The first-order valence-electron chi connectivity index (χ1n) is 3.76. The maximum Gasteiger partial charge on any atom is 0.442 e. The lowest BCUT2D eigenvalue weighted by Crippen LogP contribution is -2.24. The summed E-state index contributed by atoms with van der Waals surface area (Å²) in [6, 6.07) is 0. The van der Waals surface area contributed by atoms with Crippen LogP contribution in [0.25, 0.3) is 0 Å². The number of rotatable bonds is 1. The Labute approximate surface area is 72.7 Å². The molecule has 0 bridgehead atoms. The molecule has 0 aromatic heterocycles. The molecular weight excluding hydrogens is 189 g/mol. The summed E-state index contributed by atoms with van der Waals surface area (Å²) in [6.07, 6.45) is 2.17. The highest BCUT2D eigenvalue weighted by Gasteiger charge is 2.36. The van der Waals surface area contributed by atoms with Crippen LogP contribution in [0.1, 0.15) is 25.7 Å². The van der Waals surface area contributed by atoms with Crippen molar-refractivity contribution in [1.82, 2.24) is 0 Å². The summed E-state index contributed by atoms with van der Waals surface area (Å²) in [5.41, 5.74) is -4.27. The first-order valence-corrected chi connectivity index (χ1v) is 4.64. The number of alkyl halides is 3. The number of carbonyl (C=O) groups is 1. The van der Waals surface area contributed by atoms with Crippen LogP contribution in [0.3, 0.4) is 0 Å². The average Bonchev–Trinajstić information content (AvgIpc) is 1.91. The number of hydrogen-bond acceptors (Lipinski definition) is 2. The van der Waals surface area contributed by atoms with Crippen LogP contribution < -0.4 is 0 Å². The van der Waals surface area contributed by atoms with Crippen molar-refractivity contribution >= 4 is 17.5 Å². The Morgan fingerprint density at radius 1 is 1.33 bits per heavy atom. The second-order valence-electron chi connectivity index (χ2n) is 2.76. The summed E-state index contributed by atoms with van der Waals surface area (Å²) < 4.78 is 35.5. The topological polar surface area (TPSA) is 17.1 Å². The molecule has 0 aromatic rings. The fraction of sp³-hybridized carbons (Fsp3) is 0.857. The lowest BCUT2D eigenvalue weighted by molar-refractivity contribution is -0.120. The Kier molecular flexibility index (Phi) is 3.04. The van der Waals surface area contributed by atoms with E-state index in [2.05, 4.69) is 0 Å². The van der Waals surface area contributed by atoms with Gasteiger partial charge in [0, 0.05) is 6.42 Å². The third kappa shape index (κ3) is 3.05. The van der Waals surface area contributed by atoms with Gasteiger partial charge in [-0.2, -0.15) is 13.2 Å². The predicted octanol–water partition coefficient (Wildman–Crippen LogP) is 2.75. The molecule has 0 amide bonds. The third-order valence-electron chi connectivity index (χ3n) is 1.77. The number of thioether (sulfide) groups is 1. The summed E-state index contributed by atoms with van der Waals surface area (Å²) in [6.45, 7) is 0. The number of hydrogen-bond donors (Lipinski definition) is 0. The zero-order valence-electron chi connectivity index (χ0n) is 6.36. The average molecular weight is 198 g/mol. The predicted molar refractivity (Wildman–Crippen MR) is 40.9 cm³/mol. The number of ketones is 1. The van der Waals surface area contributed by atoms with E-state index < -0.39 is 10.8 Å². The zero-order chi connectivity index (χ0) is 9.19. The molecule has 1 aliphatic rings. The van der Waals surface area contributed by atoms with Gasteiger partial charge >= 0.3 is 5.51 Å². The quantitative estimate of drug-likeness (QED) is 0.644. The van der Waals surface area contributed by atoms with Gasteiger partial charge in [0.2, 0.25) is 0 Å². The molecule has 1 aliphatic carbocycles. The molecule has 0 saturated heterocycles. The van der Waals surface area contributed by atoms with Gasteiger partial charge in [0.1, 0.15) is 5.78 Å². The largest absolute Gasteiger partial charge is 0.442 e. The highest BCUT2D eigenvalue weighted by atomic mass is 32.2. The van der Waals surface area contributed by atoms with Crippen molar-refractivity contribution in [1.29, 1.82) is 0 Å². The maximum atomic E-state index is 11.8. The molecular formula is C7H9F3OS. The number of halogens is 3. The van der Waals surface area contributed by atoms with Crippen LogP contribution >= 0.6 is 11.8 Å². The maximum absolute atomic E-state index is 11.8. The monoisotopic (exact) mass is 198 g/mol. The van der Waals surface area contributed by atoms with Gasteiger partial charge in [0.15, 0.2) is 0 Å². The molecule has 70 valence electrons. The molecule has 0 radical (unpaired) electrons. The third-order valence-corrected chi connectivity index (χ3v) is 2.82. The SMILES string of the molecule is O=C1CCCCC1SC(F)(F)F. The van der Waals surface area contributed by atoms with E-state index in [-0.39, 0.29) is 17.5 Å². The van der Waals surface area contributed by atoms with Gasteiger partial charge in [-0.25, -0.2) is 0 Å². The van der Waals surface area contributed by atoms with E-state index in [4.69, 9.17) is 0 Å². The van der Waals surface area contributed by atoms with Gasteiger partial charge in [-0.05, 0) is 24.6 Å². The Morgan fingerprint density at radius 3 is 2.50 bits per heavy atom. The highest BCUT2D eigenvalue weighted by Crippen LogP contribution is 2.38. The minimum atomic E-state index is -4.27. The van der Waals surface area contributed by atoms with Gasteiger partial charge in [-0.3, -0.25) is 4.79 Å². The molecule has 1 saturated carbocycles. The summed E-state index contributed by atoms with van der Waals surface area (Å²) in [4.78, 5) is 11.0. The lowest BCUT2D eigenvalue weighted by atomic mass is 9.99. The van der Waals surface area contributed by atoms with Crippen molar-refractivity contribution < 1.29 is 18.0 Å². The van der Waals surface area contributed by atoms with Crippen LogP contribution in [0.2, 0.25) is 0 Å². The molecule has 5 heteroatoms. The van der Waals surface area contributed by atoms with E-state index in [9.17, 15) is 18.0 Å². The minimum Gasteiger partial charge on any atom is -0.298 e. The molecule has 0 spiro atoms. The second-order valence-corrected chi connectivity index (χ2v) is 4.03. The first-order chi connectivity index (χ1) is 5.49. The van der Waals surface area contributed by atoms with Crippen LogP contribution in [0.5, 0.6) is 0 Å². The molecule has 0 heterocycles. The zero-order valence-corrected chi connectivity index (χ0v) is 7.17. The Balaban J connectivity index is 2.45. The smallest absolute Gasteiger partial charge is 0.298 e. The van der Waals surface area contributed by atoms with E-state index in [1.165, 1.54) is 0 Å². The van der Waals surface area contributed by atoms with E-state index in [0.29, 0.717) is 12.8 Å². The fourth-order valence-corrected chi connectivity index (χ4v) is 2.09. The van der Waals surface area contributed by atoms with Crippen molar-refractivity contribution in [2.45, 2.75) is 36.4 Å². The Hall–Kier alpha value is -0.190. The van der Waals surface area contributed by atoms with Gasteiger partial charge in [0.05, 0.1) is 5.25 Å². The van der Waals surface area contributed by atoms with Gasteiger partial charge < -0.3 is 0 Å². The Bertz CT molecular complexity index is 178.